The summed E-state index contributed by atoms with van der Waals surface area (Å²) >= 11 is 3.42. The van der Waals surface area contributed by atoms with Crippen molar-refractivity contribution in [3.63, 3.8) is 0 Å². The molecule has 0 N–H and O–H groups in total. The fraction of sp³-hybridized carbons (Fsp3) is 0.300. The van der Waals surface area contributed by atoms with Crippen LogP contribution in [0.5, 0.6) is 0 Å². The van der Waals surface area contributed by atoms with Crippen LogP contribution in [0.4, 0.5) is 5.69 Å². The molecule has 0 aromatic heterocycles. The molecule has 1 heterocycles. The van der Waals surface area contributed by atoms with Gasteiger partial charge in [-0.3, -0.25) is 4.79 Å². The number of fused-ring (bicyclic) bond motifs is 1. The van der Waals surface area contributed by atoms with Gasteiger partial charge < -0.3 is 4.90 Å². The molecule has 1 aromatic rings. The third-order valence-corrected chi connectivity index (χ3v) is 2.88. The topological polar surface area (TPSA) is 20.3 Å². The zero-order chi connectivity index (χ0) is 9.42. The molecule has 1 aliphatic heterocycles. The molecule has 0 unspecified atom stereocenters. The normalized spacial score (nSPS) is 15.8. The van der Waals surface area contributed by atoms with Crippen molar-refractivity contribution in [3.8, 4) is 0 Å². The summed E-state index contributed by atoms with van der Waals surface area (Å²) in [5, 5.41) is 0. The maximum absolute atomic E-state index is 11.4. The number of amides is 1. The van der Waals surface area contributed by atoms with Crippen LogP contribution in [0, 0.1) is 0 Å². The number of benzene rings is 1. The SMILES string of the molecule is CN1C(=O)CCc2cc(Br)ccc21. The van der Waals surface area contributed by atoms with E-state index in [0.717, 1.165) is 16.6 Å². The fourth-order valence-electron chi connectivity index (χ4n) is 1.63. The lowest BCUT2D eigenvalue weighted by Crippen LogP contribution is -2.30. The van der Waals surface area contributed by atoms with Crippen molar-refractivity contribution >= 4 is 27.5 Å². The van der Waals surface area contributed by atoms with Crippen LogP contribution in [-0.4, -0.2) is 13.0 Å². The molecule has 0 atom stereocenters. The van der Waals surface area contributed by atoms with E-state index < -0.39 is 0 Å². The van der Waals surface area contributed by atoms with Crippen molar-refractivity contribution in [2.45, 2.75) is 12.8 Å². The highest BCUT2D eigenvalue weighted by atomic mass is 79.9. The molecule has 0 spiro atoms. The quantitative estimate of drug-likeness (QED) is 0.681. The lowest BCUT2D eigenvalue weighted by molar-refractivity contribution is -0.118. The van der Waals surface area contributed by atoms with Gasteiger partial charge in [-0.1, -0.05) is 15.9 Å². The predicted molar refractivity (Wildman–Crippen MR) is 55.9 cm³/mol. The van der Waals surface area contributed by atoms with Crippen molar-refractivity contribution in [3.05, 3.63) is 28.2 Å². The molecule has 0 saturated carbocycles. The molecule has 68 valence electrons. The molecule has 1 amide bonds. The molecule has 0 fully saturated rings. The van der Waals surface area contributed by atoms with Crippen LogP contribution in [0.2, 0.25) is 0 Å². The van der Waals surface area contributed by atoms with Gasteiger partial charge >= 0.3 is 0 Å². The van der Waals surface area contributed by atoms with Crippen molar-refractivity contribution < 1.29 is 4.79 Å². The Labute approximate surface area is 85.7 Å². The minimum Gasteiger partial charge on any atom is -0.315 e. The van der Waals surface area contributed by atoms with E-state index in [9.17, 15) is 4.79 Å². The zero-order valence-corrected chi connectivity index (χ0v) is 8.97. The van der Waals surface area contributed by atoms with Crippen LogP contribution in [0.1, 0.15) is 12.0 Å². The van der Waals surface area contributed by atoms with E-state index in [1.54, 1.807) is 4.90 Å². The first-order valence-electron chi connectivity index (χ1n) is 4.23. The maximum Gasteiger partial charge on any atom is 0.227 e. The summed E-state index contributed by atoms with van der Waals surface area (Å²) in [5.74, 6) is 0.204. The van der Waals surface area contributed by atoms with Crippen LogP contribution in [0.3, 0.4) is 0 Å². The van der Waals surface area contributed by atoms with E-state index in [2.05, 4.69) is 22.0 Å². The largest absolute Gasteiger partial charge is 0.315 e. The number of anilines is 1. The highest BCUT2D eigenvalue weighted by molar-refractivity contribution is 9.10. The minimum atomic E-state index is 0.204. The van der Waals surface area contributed by atoms with E-state index in [-0.39, 0.29) is 5.91 Å². The first-order valence-corrected chi connectivity index (χ1v) is 5.03. The van der Waals surface area contributed by atoms with Crippen LogP contribution in [0.15, 0.2) is 22.7 Å². The first-order chi connectivity index (χ1) is 6.18. The molecule has 3 heteroatoms. The number of halogens is 1. The van der Waals surface area contributed by atoms with Crippen LogP contribution in [-0.2, 0) is 11.2 Å². The Hall–Kier alpha value is -0.830. The van der Waals surface area contributed by atoms with Crippen LogP contribution in [0.25, 0.3) is 0 Å². The molecule has 2 rings (SSSR count). The Kier molecular flexibility index (Phi) is 2.12. The Morgan fingerprint density at radius 3 is 2.92 bits per heavy atom. The predicted octanol–water partition coefficient (Wildman–Crippen LogP) is 2.36. The second-order valence-electron chi connectivity index (χ2n) is 3.23. The lowest BCUT2D eigenvalue weighted by atomic mass is 10.0. The van der Waals surface area contributed by atoms with Crippen molar-refractivity contribution in [1.29, 1.82) is 0 Å². The number of carbonyl (C=O) groups excluding carboxylic acids is 1. The van der Waals surface area contributed by atoms with Gasteiger partial charge in [0.1, 0.15) is 0 Å². The third kappa shape index (κ3) is 1.48. The maximum atomic E-state index is 11.4. The Morgan fingerprint density at radius 2 is 2.15 bits per heavy atom. The van der Waals surface area contributed by atoms with Crippen molar-refractivity contribution in [2.24, 2.45) is 0 Å². The van der Waals surface area contributed by atoms with E-state index in [0.29, 0.717) is 6.42 Å². The smallest absolute Gasteiger partial charge is 0.227 e. The monoisotopic (exact) mass is 239 g/mol. The van der Waals surface area contributed by atoms with E-state index in [4.69, 9.17) is 0 Å². The minimum absolute atomic E-state index is 0.204. The number of carbonyl (C=O) groups is 1. The summed E-state index contributed by atoms with van der Waals surface area (Å²) in [6, 6.07) is 6.03. The Bertz CT molecular complexity index is 362. The molecule has 2 nitrogen and oxygen atoms in total. The van der Waals surface area contributed by atoms with Crippen LogP contribution < -0.4 is 4.90 Å². The van der Waals surface area contributed by atoms with E-state index in [1.807, 2.05) is 19.2 Å². The molecular formula is C10H10BrNO. The van der Waals surface area contributed by atoms with Gasteiger partial charge in [-0.05, 0) is 30.2 Å². The van der Waals surface area contributed by atoms with Gasteiger partial charge in [0.05, 0.1) is 0 Å². The van der Waals surface area contributed by atoms with Crippen LogP contribution >= 0.6 is 15.9 Å². The highest BCUT2D eigenvalue weighted by Crippen LogP contribution is 2.28. The summed E-state index contributed by atoms with van der Waals surface area (Å²) in [6.07, 6.45) is 1.48. The molecule has 0 bridgehead atoms. The standard InChI is InChI=1S/C10H10BrNO/c1-12-9-4-3-8(11)6-7(9)2-5-10(12)13/h3-4,6H,2,5H2,1H3. The van der Waals surface area contributed by atoms with Crippen molar-refractivity contribution in [2.75, 3.05) is 11.9 Å². The highest BCUT2D eigenvalue weighted by Gasteiger charge is 2.20. The number of aryl methyl sites for hydroxylation is 1. The first kappa shape index (κ1) is 8.75. The number of rotatable bonds is 0. The molecule has 13 heavy (non-hydrogen) atoms. The Morgan fingerprint density at radius 1 is 1.38 bits per heavy atom. The lowest BCUT2D eigenvalue weighted by Gasteiger charge is -2.25. The number of hydrogen-bond acceptors (Lipinski definition) is 1. The van der Waals surface area contributed by atoms with Crippen molar-refractivity contribution in [1.82, 2.24) is 0 Å². The van der Waals surface area contributed by atoms with E-state index >= 15 is 0 Å². The number of hydrogen-bond donors (Lipinski definition) is 0. The summed E-state index contributed by atoms with van der Waals surface area (Å²) < 4.78 is 1.08. The van der Waals surface area contributed by atoms with Gasteiger partial charge in [0.25, 0.3) is 0 Å². The molecule has 1 aromatic carbocycles. The third-order valence-electron chi connectivity index (χ3n) is 2.39. The molecule has 0 saturated heterocycles. The van der Waals surface area contributed by atoms with Gasteiger partial charge in [-0.2, -0.15) is 0 Å². The van der Waals surface area contributed by atoms with Gasteiger partial charge in [0, 0.05) is 23.6 Å². The average Bonchev–Trinajstić information content (AvgIpc) is 2.12. The molecule has 0 aliphatic carbocycles. The van der Waals surface area contributed by atoms with Gasteiger partial charge in [0.2, 0.25) is 5.91 Å². The fourth-order valence-corrected chi connectivity index (χ4v) is 2.03. The van der Waals surface area contributed by atoms with Gasteiger partial charge in [-0.15, -0.1) is 0 Å². The summed E-state index contributed by atoms with van der Waals surface area (Å²) in [4.78, 5) is 13.1. The van der Waals surface area contributed by atoms with Gasteiger partial charge in [-0.25, -0.2) is 0 Å². The summed E-state index contributed by atoms with van der Waals surface area (Å²) in [5.41, 5.74) is 2.29. The van der Waals surface area contributed by atoms with Gasteiger partial charge in [0.15, 0.2) is 0 Å². The number of nitrogens with zero attached hydrogens (tertiary/aromatic N) is 1. The molecule has 1 aliphatic rings. The van der Waals surface area contributed by atoms with E-state index in [1.165, 1.54) is 5.56 Å². The molecular weight excluding hydrogens is 230 g/mol. The summed E-state index contributed by atoms with van der Waals surface area (Å²) in [6.45, 7) is 0. The zero-order valence-electron chi connectivity index (χ0n) is 7.38. The second kappa shape index (κ2) is 3.14. The average molecular weight is 240 g/mol. The Balaban J connectivity index is 2.49. The summed E-state index contributed by atoms with van der Waals surface area (Å²) in [7, 11) is 1.83. The second-order valence-corrected chi connectivity index (χ2v) is 4.14. The molecule has 0 radical (unpaired) electrons.